The molecule has 1 unspecified atom stereocenters. The molecule has 0 spiro atoms. The van der Waals surface area contributed by atoms with Crippen molar-refractivity contribution in [2.45, 2.75) is 31.8 Å². The number of halogens is 1. The zero-order valence-corrected chi connectivity index (χ0v) is 8.38. The fourth-order valence-corrected chi connectivity index (χ4v) is 1.45. The summed E-state index contributed by atoms with van der Waals surface area (Å²) in [5.41, 5.74) is 1.20. The molecule has 1 aliphatic rings. The number of rotatable bonds is 3. The van der Waals surface area contributed by atoms with Gasteiger partial charge >= 0.3 is 0 Å². The van der Waals surface area contributed by atoms with Crippen molar-refractivity contribution < 1.29 is 0 Å². The highest BCUT2D eigenvalue weighted by Gasteiger charge is 2.23. The van der Waals surface area contributed by atoms with Crippen LogP contribution in [0.4, 0.5) is 0 Å². The Kier molecular flexibility index (Phi) is 2.51. The zero-order valence-electron chi connectivity index (χ0n) is 7.63. The lowest BCUT2D eigenvalue weighted by Crippen LogP contribution is -2.20. The fourth-order valence-electron chi connectivity index (χ4n) is 1.34. The average Bonchev–Trinajstić information content (AvgIpc) is 2.89. The standard InChI is InChI=1S/C10H13ClN2/c1-7(13-9-3-4-9)8-2-5-10(11)12-6-8/h2,5-7,9,13H,3-4H2,1H3. The van der Waals surface area contributed by atoms with Gasteiger partial charge in [-0.25, -0.2) is 4.98 Å². The first-order chi connectivity index (χ1) is 6.25. The average molecular weight is 197 g/mol. The summed E-state index contributed by atoms with van der Waals surface area (Å²) in [5.74, 6) is 0. The van der Waals surface area contributed by atoms with E-state index in [1.54, 1.807) is 0 Å². The van der Waals surface area contributed by atoms with Crippen LogP contribution >= 0.6 is 11.6 Å². The number of hydrogen-bond acceptors (Lipinski definition) is 2. The molecule has 1 aliphatic carbocycles. The summed E-state index contributed by atoms with van der Waals surface area (Å²) in [6, 6.07) is 4.97. The van der Waals surface area contributed by atoms with E-state index in [0.717, 1.165) is 6.04 Å². The van der Waals surface area contributed by atoms with Crippen molar-refractivity contribution in [3.05, 3.63) is 29.0 Å². The molecule has 1 N–H and O–H groups in total. The van der Waals surface area contributed by atoms with Crippen molar-refractivity contribution in [2.75, 3.05) is 0 Å². The van der Waals surface area contributed by atoms with E-state index >= 15 is 0 Å². The summed E-state index contributed by atoms with van der Waals surface area (Å²) in [6.45, 7) is 2.16. The van der Waals surface area contributed by atoms with E-state index in [9.17, 15) is 0 Å². The van der Waals surface area contributed by atoms with E-state index in [4.69, 9.17) is 11.6 Å². The van der Waals surface area contributed by atoms with Gasteiger partial charge in [-0.05, 0) is 31.4 Å². The first-order valence-electron chi connectivity index (χ1n) is 4.63. The molecule has 2 nitrogen and oxygen atoms in total. The minimum atomic E-state index is 0.386. The van der Waals surface area contributed by atoms with Crippen molar-refractivity contribution in [3.63, 3.8) is 0 Å². The Balaban J connectivity index is 2.01. The predicted molar refractivity (Wildman–Crippen MR) is 53.8 cm³/mol. The van der Waals surface area contributed by atoms with E-state index in [1.165, 1.54) is 18.4 Å². The lowest BCUT2D eigenvalue weighted by molar-refractivity contribution is 0.569. The molecule has 0 aromatic carbocycles. The second-order valence-corrected chi connectivity index (χ2v) is 3.96. The second-order valence-electron chi connectivity index (χ2n) is 3.58. The Morgan fingerprint density at radius 3 is 2.85 bits per heavy atom. The van der Waals surface area contributed by atoms with Gasteiger partial charge in [0.1, 0.15) is 5.15 Å². The molecule has 1 fully saturated rings. The third kappa shape index (κ3) is 2.42. The van der Waals surface area contributed by atoms with Gasteiger partial charge in [-0.15, -0.1) is 0 Å². The SMILES string of the molecule is CC(NC1CC1)c1ccc(Cl)nc1. The lowest BCUT2D eigenvalue weighted by Gasteiger charge is -2.12. The molecule has 0 bridgehead atoms. The number of aromatic nitrogens is 1. The molecule has 2 rings (SSSR count). The minimum absolute atomic E-state index is 0.386. The molecule has 1 aromatic rings. The molecule has 1 heterocycles. The van der Waals surface area contributed by atoms with Gasteiger partial charge in [0.2, 0.25) is 0 Å². The monoisotopic (exact) mass is 196 g/mol. The third-order valence-corrected chi connectivity index (χ3v) is 2.54. The fraction of sp³-hybridized carbons (Fsp3) is 0.500. The Bertz CT molecular complexity index is 279. The van der Waals surface area contributed by atoms with E-state index < -0.39 is 0 Å². The van der Waals surface area contributed by atoms with Crippen LogP contribution in [0.3, 0.4) is 0 Å². The normalized spacial score (nSPS) is 18.6. The smallest absolute Gasteiger partial charge is 0.129 e. The Labute approximate surface area is 83.3 Å². The molecule has 3 heteroatoms. The van der Waals surface area contributed by atoms with Crippen molar-refractivity contribution in [3.8, 4) is 0 Å². The van der Waals surface area contributed by atoms with Crippen LogP contribution in [0.15, 0.2) is 18.3 Å². The van der Waals surface area contributed by atoms with Crippen LogP contribution < -0.4 is 5.32 Å². The van der Waals surface area contributed by atoms with Gasteiger partial charge in [0, 0.05) is 18.3 Å². The third-order valence-electron chi connectivity index (χ3n) is 2.31. The highest BCUT2D eigenvalue weighted by Crippen LogP contribution is 2.23. The van der Waals surface area contributed by atoms with Gasteiger partial charge in [-0.2, -0.15) is 0 Å². The van der Waals surface area contributed by atoms with Gasteiger partial charge < -0.3 is 5.32 Å². The maximum atomic E-state index is 5.70. The van der Waals surface area contributed by atoms with E-state index in [1.807, 2.05) is 18.3 Å². The van der Waals surface area contributed by atoms with Gasteiger partial charge in [-0.1, -0.05) is 17.7 Å². The number of hydrogen-bond donors (Lipinski definition) is 1. The maximum absolute atomic E-state index is 5.70. The predicted octanol–water partition coefficient (Wildman–Crippen LogP) is 2.55. The summed E-state index contributed by atoms with van der Waals surface area (Å²) in [6.07, 6.45) is 4.46. The van der Waals surface area contributed by atoms with Crippen LogP contribution in [0.2, 0.25) is 5.15 Å². The second kappa shape index (κ2) is 3.64. The van der Waals surface area contributed by atoms with Crippen molar-refractivity contribution >= 4 is 11.6 Å². The highest BCUT2D eigenvalue weighted by molar-refractivity contribution is 6.29. The van der Waals surface area contributed by atoms with Crippen LogP contribution in [0.1, 0.15) is 31.4 Å². The molecule has 1 saturated carbocycles. The van der Waals surface area contributed by atoms with Gasteiger partial charge in [0.05, 0.1) is 0 Å². The van der Waals surface area contributed by atoms with E-state index in [2.05, 4.69) is 17.2 Å². The molecule has 13 heavy (non-hydrogen) atoms. The van der Waals surface area contributed by atoms with Crippen molar-refractivity contribution in [2.24, 2.45) is 0 Å². The zero-order chi connectivity index (χ0) is 9.26. The topological polar surface area (TPSA) is 24.9 Å². The molecule has 1 aromatic heterocycles. The molecule has 0 saturated heterocycles. The molecule has 0 amide bonds. The molecular weight excluding hydrogens is 184 g/mol. The molecule has 70 valence electrons. The Morgan fingerprint density at radius 1 is 1.54 bits per heavy atom. The minimum Gasteiger partial charge on any atom is -0.307 e. The quantitative estimate of drug-likeness (QED) is 0.752. The van der Waals surface area contributed by atoms with Gasteiger partial charge in [0.25, 0.3) is 0 Å². The van der Waals surface area contributed by atoms with Crippen LogP contribution in [-0.2, 0) is 0 Å². The van der Waals surface area contributed by atoms with E-state index in [0.29, 0.717) is 11.2 Å². The van der Waals surface area contributed by atoms with Gasteiger partial charge in [-0.3, -0.25) is 0 Å². The van der Waals surface area contributed by atoms with E-state index in [-0.39, 0.29) is 0 Å². The molecule has 1 atom stereocenters. The van der Waals surface area contributed by atoms with Crippen LogP contribution in [-0.4, -0.2) is 11.0 Å². The molecular formula is C10H13ClN2. The summed E-state index contributed by atoms with van der Waals surface area (Å²) < 4.78 is 0. The number of nitrogens with one attached hydrogen (secondary N) is 1. The lowest BCUT2D eigenvalue weighted by atomic mass is 10.1. The van der Waals surface area contributed by atoms with Crippen molar-refractivity contribution in [1.82, 2.24) is 10.3 Å². The Morgan fingerprint density at radius 2 is 2.31 bits per heavy atom. The summed E-state index contributed by atoms with van der Waals surface area (Å²) >= 11 is 5.70. The molecule has 0 radical (unpaired) electrons. The number of pyridine rings is 1. The first-order valence-corrected chi connectivity index (χ1v) is 5.01. The maximum Gasteiger partial charge on any atom is 0.129 e. The first kappa shape index (κ1) is 8.97. The largest absolute Gasteiger partial charge is 0.307 e. The summed E-state index contributed by atoms with van der Waals surface area (Å²) in [4.78, 5) is 4.05. The highest BCUT2D eigenvalue weighted by atomic mass is 35.5. The Hall–Kier alpha value is -0.600. The van der Waals surface area contributed by atoms with Gasteiger partial charge in [0.15, 0.2) is 0 Å². The molecule has 0 aliphatic heterocycles. The van der Waals surface area contributed by atoms with Crippen LogP contribution in [0.5, 0.6) is 0 Å². The van der Waals surface area contributed by atoms with Crippen LogP contribution in [0, 0.1) is 0 Å². The summed E-state index contributed by atoms with van der Waals surface area (Å²) in [5, 5.41) is 4.06. The van der Waals surface area contributed by atoms with Crippen molar-refractivity contribution in [1.29, 1.82) is 0 Å². The summed E-state index contributed by atoms with van der Waals surface area (Å²) in [7, 11) is 0. The van der Waals surface area contributed by atoms with Crippen LogP contribution in [0.25, 0.3) is 0 Å². The number of nitrogens with zero attached hydrogens (tertiary/aromatic N) is 1.